The number of nitrogens with one attached hydrogen (secondary N) is 1. The molecule has 0 bridgehead atoms. The smallest absolute Gasteiger partial charge is 0.261 e. The van der Waals surface area contributed by atoms with Crippen LogP contribution >= 0.6 is 11.3 Å². The van der Waals surface area contributed by atoms with Gasteiger partial charge in [0.25, 0.3) is 5.91 Å². The molecule has 2 aromatic heterocycles. The number of aryl methyl sites for hydroxylation is 1. The van der Waals surface area contributed by atoms with Gasteiger partial charge in [-0.05, 0) is 48.9 Å². The molecule has 4 heteroatoms. The van der Waals surface area contributed by atoms with E-state index in [1.165, 1.54) is 29.7 Å². The van der Waals surface area contributed by atoms with Gasteiger partial charge in [-0.1, -0.05) is 6.07 Å². The fourth-order valence-corrected chi connectivity index (χ4v) is 2.85. The van der Waals surface area contributed by atoms with E-state index in [9.17, 15) is 4.79 Å². The molecule has 1 amide bonds. The summed E-state index contributed by atoms with van der Waals surface area (Å²) in [4.78, 5) is 18.1. The van der Waals surface area contributed by atoms with Crippen molar-refractivity contribution in [2.24, 2.45) is 0 Å². The van der Waals surface area contributed by atoms with Gasteiger partial charge in [-0.15, -0.1) is 11.3 Å². The third-order valence-electron chi connectivity index (χ3n) is 3.28. The highest BCUT2D eigenvalue weighted by Crippen LogP contribution is 2.39. The average Bonchev–Trinajstić information content (AvgIpc) is 3.19. The Morgan fingerprint density at radius 2 is 2.26 bits per heavy atom. The van der Waals surface area contributed by atoms with Crippen molar-refractivity contribution in [3.63, 3.8) is 0 Å². The van der Waals surface area contributed by atoms with Crippen molar-refractivity contribution in [1.82, 2.24) is 10.3 Å². The molecule has 3 nitrogen and oxygen atoms in total. The SMILES string of the molecule is Cc1ccc(C(=O)NCc2cncc(C3CC3)c2)s1. The average molecular weight is 272 g/mol. The van der Waals surface area contributed by atoms with E-state index in [1.807, 2.05) is 31.5 Å². The zero-order valence-corrected chi connectivity index (χ0v) is 11.7. The second-order valence-electron chi connectivity index (χ2n) is 4.99. The van der Waals surface area contributed by atoms with Gasteiger partial charge in [-0.25, -0.2) is 0 Å². The van der Waals surface area contributed by atoms with E-state index in [0.717, 1.165) is 15.3 Å². The van der Waals surface area contributed by atoms with E-state index in [-0.39, 0.29) is 5.91 Å². The van der Waals surface area contributed by atoms with Crippen molar-refractivity contribution >= 4 is 17.2 Å². The summed E-state index contributed by atoms with van der Waals surface area (Å²) in [6.45, 7) is 2.55. The van der Waals surface area contributed by atoms with Crippen molar-refractivity contribution in [3.05, 3.63) is 51.5 Å². The van der Waals surface area contributed by atoms with Gasteiger partial charge in [0.05, 0.1) is 4.88 Å². The standard InChI is InChI=1S/C15H16N2OS/c1-10-2-5-14(19-10)15(18)17-8-11-6-13(9-16-7-11)12-3-4-12/h2,5-7,9,12H,3-4,8H2,1H3,(H,17,18). The van der Waals surface area contributed by atoms with Crippen molar-refractivity contribution < 1.29 is 4.79 Å². The first-order chi connectivity index (χ1) is 9.22. The Bertz CT molecular complexity index is 602. The Morgan fingerprint density at radius 1 is 1.42 bits per heavy atom. The third-order valence-corrected chi connectivity index (χ3v) is 4.28. The summed E-state index contributed by atoms with van der Waals surface area (Å²) < 4.78 is 0. The molecule has 3 rings (SSSR count). The molecule has 2 aromatic rings. The van der Waals surface area contributed by atoms with E-state index in [0.29, 0.717) is 12.5 Å². The summed E-state index contributed by atoms with van der Waals surface area (Å²) in [5.74, 6) is 0.693. The number of nitrogens with zero attached hydrogens (tertiary/aromatic N) is 1. The van der Waals surface area contributed by atoms with Crippen LogP contribution < -0.4 is 5.32 Å². The molecule has 0 spiro atoms. The summed E-state index contributed by atoms with van der Waals surface area (Å²) in [5.41, 5.74) is 2.38. The van der Waals surface area contributed by atoms with E-state index in [2.05, 4.69) is 16.4 Å². The summed E-state index contributed by atoms with van der Waals surface area (Å²) in [6.07, 6.45) is 6.30. The number of hydrogen-bond acceptors (Lipinski definition) is 3. The largest absolute Gasteiger partial charge is 0.347 e. The van der Waals surface area contributed by atoms with Crippen LogP contribution in [0.5, 0.6) is 0 Å². The monoisotopic (exact) mass is 272 g/mol. The van der Waals surface area contributed by atoms with Crippen molar-refractivity contribution in [1.29, 1.82) is 0 Å². The normalized spacial score (nSPS) is 14.4. The second kappa shape index (κ2) is 5.13. The first kappa shape index (κ1) is 12.4. The highest BCUT2D eigenvalue weighted by Gasteiger charge is 2.23. The molecule has 0 saturated heterocycles. The lowest BCUT2D eigenvalue weighted by molar-refractivity contribution is 0.0955. The number of aromatic nitrogens is 1. The fraction of sp³-hybridized carbons (Fsp3) is 0.333. The third kappa shape index (κ3) is 3.01. The minimum Gasteiger partial charge on any atom is -0.347 e. The molecule has 1 aliphatic carbocycles. The maximum Gasteiger partial charge on any atom is 0.261 e. The van der Waals surface area contributed by atoms with Crippen molar-refractivity contribution in [2.45, 2.75) is 32.2 Å². The first-order valence-electron chi connectivity index (χ1n) is 6.51. The first-order valence-corrected chi connectivity index (χ1v) is 7.32. The molecule has 1 saturated carbocycles. The molecule has 0 atom stereocenters. The van der Waals surface area contributed by atoms with Gasteiger partial charge >= 0.3 is 0 Å². The van der Waals surface area contributed by atoms with Crippen LogP contribution in [0.15, 0.2) is 30.6 Å². The van der Waals surface area contributed by atoms with Gasteiger partial charge in [0.2, 0.25) is 0 Å². The predicted octanol–water partition coefficient (Wildman–Crippen LogP) is 3.26. The number of pyridine rings is 1. The molecule has 1 aliphatic rings. The number of hydrogen-bond donors (Lipinski definition) is 1. The van der Waals surface area contributed by atoms with Crippen LogP contribution in [-0.2, 0) is 6.54 Å². The zero-order valence-electron chi connectivity index (χ0n) is 10.8. The van der Waals surface area contributed by atoms with Crippen LogP contribution in [0.2, 0.25) is 0 Å². The molecular weight excluding hydrogens is 256 g/mol. The molecule has 0 radical (unpaired) electrons. The lowest BCUT2D eigenvalue weighted by atomic mass is 10.1. The highest BCUT2D eigenvalue weighted by atomic mass is 32.1. The summed E-state index contributed by atoms with van der Waals surface area (Å²) in [5, 5.41) is 2.95. The topological polar surface area (TPSA) is 42.0 Å². The Hall–Kier alpha value is -1.68. The minimum absolute atomic E-state index is 0.00470. The van der Waals surface area contributed by atoms with Gasteiger partial charge in [0.15, 0.2) is 0 Å². The van der Waals surface area contributed by atoms with E-state index in [1.54, 1.807) is 0 Å². The predicted molar refractivity (Wildman–Crippen MR) is 76.4 cm³/mol. The lowest BCUT2D eigenvalue weighted by Crippen LogP contribution is -2.21. The van der Waals surface area contributed by atoms with Crippen molar-refractivity contribution in [3.8, 4) is 0 Å². The van der Waals surface area contributed by atoms with E-state index < -0.39 is 0 Å². The molecule has 98 valence electrons. The van der Waals surface area contributed by atoms with Crippen LogP contribution in [0, 0.1) is 6.92 Å². The number of thiophene rings is 1. The van der Waals surface area contributed by atoms with Gasteiger partial charge in [0.1, 0.15) is 0 Å². The van der Waals surface area contributed by atoms with Gasteiger partial charge < -0.3 is 5.32 Å². The second-order valence-corrected chi connectivity index (χ2v) is 6.28. The highest BCUT2D eigenvalue weighted by molar-refractivity contribution is 7.13. The zero-order chi connectivity index (χ0) is 13.2. The van der Waals surface area contributed by atoms with Crippen LogP contribution in [0.1, 0.15) is 44.4 Å². The molecule has 1 fully saturated rings. The molecular formula is C15H16N2OS. The van der Waals surface area contributed by atoms with Gasteiger partial charge in [-0.2, -0.15) is 0 Å². The lowest BCUT2D eigenvalue weighted by Gasteiger charge is -2.05. The molecule has 19 heavy (non-hydrogen) atoms. The maximum absolute atomic E-state index is 11.9. The van der Waals surface area contributed by atoms with E-state index >= 15 is 0 Å². The molecule has 0 aliphatic heterocycles. The Labute approximate surface area is 116 Å². The van der Waals surface area contributed by atoms with Crippen LogP contribution in [-0.4, -0.2) is 10.9 Å². The molecule has 0 unspecified atom stereocenters. The number of rotatable bonds is 4. The Morgan fingerprint density at radius 3 is 2.95 bits per heavy atom. The molecule has 0 aromatic carbocycles. The van der Waals surface area contributed by atoms with Crippen LogP contribution in [0.3, 0.4) is 0 Å². The van der Waals surface area contributed by atoms with E-state index in [4.69, 9.17) is 0 Å². The summed E-state index contributed by atoms with van der Waals surface area (Å²) >= 11 is 1.52. The van der Waals surface area contributed by atoms with Crippen LogP contribution in [0.25, 0.3) is 0 Å². The summed E-state index contributed by atoms with van der Waals surface area (Å²) in [6, 6.07) is 5.99. The number of carbonyl (C=O) groups excluding carboxylic acids is 1. The number of carbonyl (C=O) groups is 1. The van der Waals surface area contributed by atoms with Gasteiger partial charge in [0, 0.05) is 23.8 Å². The Kier molecular flexibility index (Phi) is 3.34. The Balaban J connectivity index is 1.62. The number of amides is 1. The van der Waals surface area contributed by atoms with Crippen LogP contribution in [0.4, 0.5) is 0 Å². The maximum atomic E-state index is 11.9. The minimum atomic E-state index is -0.00470. The molecule has 2 heterocycles. The molecule has 1 N–H and O–H groups in total. The summed E-state index contributed by atoms with van der Waals surface area (Å²) in [7, 11) is 0. The quantitative estimate of drug-likeness (QED) is 0.928. The van der Waals surface area contributed by atoms with Crippen molar-refractivity contribution in [2.75, 3.05) is 0 Å². The van der Waals surface area contributed by atoms with Gasteiger partial charge in [-0.3, -0.25) is 9.78 Å². The fourth-order valence-electron chi connectivity index (χ4n) is 2.07.